The smallest absolute Gasteiger partial charge is 0.350 e. The van der Waals surface area contributed by atoms with Crippen LogP contribution in [0.2, 0.25) is 0 Å². The Morgan fingerprint density at radius 2 is 2.08 bits per heavy atom. The minimum atomic E-state index is -4.59. The van der Waals surface area contributed by atoms with Crippen molar-refractivity contribution in [1.29, 1.82) is 0 Å². The van der Waals surface area contributed by atoms with E-state index in [2.05, 4.69) is 6.58 Å². The molecule has 0 atom stereocenters. The molecule has 0 aliphatic heterocycles. The van der Waals surface area contributed by atoms with Crippen molar-refractivity contribution in [1.82, 2.24) is 4.31 Å². The van der Waals surface area contributed by atoms with Crippen LogP contribution < -0.4 is 0 Å². The number of aliphatic hydroxyl groups is 1. The van der Waals surface area contributed by atoms with Gasteiger partial charge < -0.3 is 5.11 Å². The Morgan fingerprint density at radius 3 is 2.38 bits per heavy atom. The average molecular weight is 215 g/mol. The Labute approximate surface area is 75.5 Å². The molecule has 0 unspecified atom stereocenters. The highest BCUT2D eigenvalue weighted by molar-refractivity contribution is 7.89. The van der Waals surface area contributed by atoms with E-state index >= 15 is 0 Å². The van der Waals surface area contributed by atoms with Crippen LogP contribution in [0.5, 0.6) is 0 Å². The van der Waals surface area contributed by atoms with Gasteiger partial charge in [-0.05, 0) is 0 Å². The fourth-order valence-electron chi connectivity index (χ4n) is 0.691. The molecule has 0 radical (unpaired) electrons. The van der Waals surface area contributed by atoms with Crippen molar-refractivity contribution in [3.8, 4) is 0 Å². The number of halogens is 2. The van der Waals surface area contributed by atoms with Crippen LogP contribution in [0.1, 0.15) is 0 Å². The van der Waals surface area contributed by atoms with E-state index in [0.717, 1.165) is 0 Å². The predicted octanol–water partition coefficient (Wildman–Crippen LogP) is 0.0191. The van der Waals surface area contributed by atoms with Crippen molar-refractivity contribution in [2.24, 2.45) is 0 Å². The van der Waals surface area contributed by atoms with Gasteiger partial charge in [0.2, 0.25) is 0 Å². The predicted molar refractivity (Wildman–Crippen MR) is 43.8 cm³/mol. The van der Waals surface area contributed by atoms with Gasteiger partial charge in [0.25, 0.3) is 10.0 Å². The van der Waals surface area contributed by atoms with Crippen molar-refractivity contribution in [2.75, 3.05) is 19.7 Å². The molecule has 13 heavy (non-hydrogen) atoms. The highest BCUT2D eigenvalue weighted by Gasteiger charge is 2.30. The summed E-state index contributed by atoms with van der Waals surface area (Å²) in [6.45, 7) is 2.15. The number of alkyl halides is 2. The lowest BCUT2D eigenvalue weighted by atomic mass is 10.6. The van der Waals surface area contributed by atoms with Crippen LogP contribution in [-0.2, 0) is 10.0 Å². The minimum absolute atomic E-state index is 0.229. The van der Waals surface area contributed by atoms with Crippen LogP contribution in [-0.4, -0.2) is 43.3 Å². The van der Waals surface area contributed by atoms with Crippen LogP contribution in [0.25, 0.3) is 0 Å². The first-order valence-electron chi connectivity index (χ1n) is 3.45. The van der Waals surface area contributed by atoms with E-state index < -0.39 is 22.4 Å². The molecule has 0 aromatic carbocycles. The summed E-state index contributed by atoms with van der Waals surface area (Å²) in [7, 11) is -4.59. The van der Waals surface area contributed by atoms with E-state index in [-0.39, 0.29) is 13.1 Å². The minimum Gasteiger partial charge on any atom is -0.395 e. The van der Waals surface area contributed by atoms with Gasteiger partial charge in [-0.25, -0.2) is 8.42 Å². The summed E-state index contributed by atoms with van der Waals surface area (Å²) in [6.07, 6.45) is 1.18. The van der Waals surface area contributed by atoms with E-state index in [1.54, 1.807) is 0 Å². The molecule has 0 heterocycles. The Balaban J connectivity index is 4.61. The molecule has 0 spiro atoms. The highest BCUT2D eigenvalue weighted by Crippen LogP contribution is 2.10. The number of aliphatic hydroxyl groups excluding tert-OH is 1. The SMILES string of the molecule is C=CCN(CCO)S(=O)(=O)C(F)F. The van der Waals surface area contributed by atoms with Gasteiger partial charge in [0, 0.05) is 13.1 Å². The largest absolute Gasteiger partial charge is 0.395 e. The van der Waals surface area contributed by atoms with Gasteiger partial charge in [-0.1, -0.05) is 6.08 Å². The third-order valence-corrected chi connectivity index (χ3v) is 2.77. The van der Waals surface area contributed by atoms with Crippen molar-refractivity contribution in [3.05, 3.63) is 12.7 Å². The Hall–Kier alpha value is -0.530. The molecule has 1 N–H and O–H groups in total. The quantitative estimate of drug-likeness (QED) is 0.635. The van der Waals surface area contributed by atoms with E-state index in [0.29, 0.717) is 4.31 Å². The number of hydrogen-bond donors (Lipinski definition) is 1. The van der Waals surface area contributed by atoms with E-state index in [1.807, 2.05) is 0 Å². The first kappa shape index (κ1) is 12.5. The summed E-state index contributed by atoms with van der Waals surface area (Å²) in [5.74, 6) is -3.46. The lowest BCUT2D eigenvalue weighted by molar-refractivity contribution is 0.210. The van der Waals surface area contributed by atoms with Crippen LogP contribution >= 0.6 is 0 Å². The van der Waals surface area contributed by atoms with Gasteiger partial charge in [-0.15, -0.1) is 6.58 Å². The van der Waals surface area contributed by atoms with Gasteiger partial charge in [0.05, 0.1) is 6.61 Å². The van der Waals surface area contributed by atoms with Crippen LogP contribution in [0.3, 0.4) is 0 Å². The zero-order valence-electron chi connectivity index (χ0n) is 6.86. The van der Waals surface area contributed by atoms with Crippen LogP contribution in [0.15, 0.2) is 12.7 Å². The third kappa shape index (κ3) is 3.37. The summed E-state index contributed by atoms with van der Waals surface area (Å²) in [4.78, 5) is 0. The number of nitrogens with zero attached hydrogens (tertiary/aromatic N) is 1. The Morgan fingerprint density at radius 1 is 1.54 bits per heavy atom. The van der Waals surface area contributed by atoms with Gasteiger partial charge in [-0.2, -0.15) is 13.1 Å². The van der Waals surface area contributed by atoms with Crippen molar-refractivity contribution < 1.29 is 22.3 Å². The van der Waals surface area contributed by atoms with Gasteiger partial charge in [0.1, 0.15) is 0 Å². The van der Waals surface area contributed by atoms with Gasteiger partial charge >= 0.3 is 5.76 Å². The van der Waals surface area contributed by atoms with Gasteiger partial charge in [0.15, 0.2) is 0 Å². The number of rotatable bonds is 6. The second-order valence-corrected chi connectivity index (χ2v) is 4.08. The lowest BCUT2D eigenvalue weighted by Gasteiger charge is -2.18. The number of hydrogen-bond acceptors (Lipinski definition) is 3. The summed E-state index contributed by atoms with van der Waals surface area (Å²) in [6, 6.07) is 0. The molecule has 7 heteroatoms. The zero-order chi connectivity index (χ0) is 10.5. The van der Waals surface area contributed by atoms with Crippen LogP contribution in [0.4, 0.5) is 8.78 Å². The van der Waals surface area contributed by atoms with Crippen molar-refractivity contribution in [2.45, 2.75) is 5.76 Å². The second-order valence-electron chi connectivity index (χ2n) is 2.18. The molecule has 0 aliphatic carbocycles. The molecule has 4 nitrogen and oxygen atoms in total. The summed E-state index contributed by atoms with van der Waals surface area (Å²) < 4.78 is 46.1. The first-order chi connectivity index (χ1) is 5.96. The zero-order valence-corrected chi connectivity index (χ0v) is 7.67. The third-order valence-electron chi connectivity index (χ3n) is 1.27. The summed E-state index contributed by atoms with van der Waals surface area (Å²) >= 11 is 0. The molecule has 0 aromatic heterocycles. The molecule has 0 aliphatic rings. The normalized spacial score (nSPS) is 12.4. The van der Waals surface area contributed by atoms with E-state index in [4.69, 9.17) is 5.11 Å². The maximum Gasteiger partial charge on any atom is 0.350 e. The standard InChI is InChI=1S/C6H11F2NO3S/c1-2-3-9(4-5-10)13(11,12)6(7)8/h2,6,10H,1,3-5H2. The monoisotopic (exact) mass is 215 g/mol. The highest BCUT2D eigenvalue weighted by atomic mass is 32.2. The molecule has 0 saturated carbocycles. The molecule has 0 amide bonds. The van der Waals surface area contributed by atoms with Crippen LogP contribution in [0, 0.1) is 0 Å². The number of sulfonamides is 1. The van der Waals surface area contributed by atoms with Gasteiger partial charge in [-0.3, -0.25) is 0 Å². The molecule has 78 valence electrons. The molecule has 0 rings (SSSR count). The molecule has 0 fully saturated rings. The average Bonchev–Trinajstić information content (AvgIpc) is 2.03. The van der Waals surface area contributed by atoms with Crippen molar-refractivity contribution in [3.63, 3.8) is 0 Å². The van der Waals surface area contributed by atoms with E-state index in [9.17, 15) is 17.2 Å². The van der Waals surface area contributed by atoms with Crippen molar-refractivity contribution >= 4 is 10.0 Å². The summed E-state index contributed by atoms with van der Waals surface area (Å²) in [5, 5.41) is 8.42. The summed E-state index contributed by atoms with van der Waals surface area (Å²) in [5.41, 5.74) is 0. The topological polar surface area (TPSA) is 57.6 Å². The van der Waals surface area contributed by atoms with E-state index in [1.165, 1.54) is 6.08 Å². The maximum absolute atomic E-state index is 12.0. The molecular weight excluding hydrogens is 204 g/mol. The second kappa shape index (κ2) is 5.25. The molecule has 0 bridgehead atoms. The lowest BCUT2D eigenvalue weighted by Crippen LogP contribution is -2.37. The Bertz CT molecular complexity index is 253. The molecular formula is C6H11F2NO3S. The fourth-order valence-corrected chi connectivity index (χ4v) is 1.57. The Kier molecular flexibility index (Phi) is 5.04. The fraction of sp³-hybridized carbons (Fsp3) is 0.667. The maximum atomic E-state index is 12.0. The first-order valence-corrected chi connectivity index (χ1v) is 4.96. The molecule has 0 aromatic rings. The molecule has 0 saturated heterocycles.